The summed E-state index contributed by atoms with van der Waals surface area (Å²) in [7, 11) is -4.44. The molecule has 0 heterocycles. The summed E-state index contributed by atoms with van der Waals surface area (Å²) in [6.07, 6.45) is 14.5. The molecule has 5 nitrogen and oxygen atoms in total. The second kappa shape index (κ2) is 16.3. The summed E-state index contributed by atoms with van der Waals surface area (Å²) in [4.78, 5) is -0.274. The van der Waals surface area contributed by atoms with Crippen LogP contribution in [0.2, 0.25) is 0 Å². The standard InChI is InChI=1S/C25H36O5S.K/c1-2-3-4-5-6-7-8-9-10-11-12-14-21-17-18-24(25(19-21)31(27,28)29)30-23-16-13-15-22(26)20-23;/h13,15-20,26H,2-12,14H2,1H3,(H,27,28,29);/q;+1/p-1. The van der Waals surface area contributed by atoms with Crippen molar-refractivity contribution in [2.75, 3.05) is 0 Å². The minimum Gasteiger partial charge on any atom is -0.872 e. The SMILES string of the molecule is CCCCCCCCCCCCCc1ccc(Oc2cccc([O-])c2)c(S(=O)(=O)O)c1.[K+]. The van der Waals surface area contributed by atoms with Crippen LogP contribution in [0.1, 0.15) is 83.1 Å². The van der Waals surface area contributed by atoms with Crippen LogP contribution in [0.4, 0.5) is 0 Å². The molecule has 2 aromatic rings. The van der Waals surface area contributed by atoms with Crippen molar-refractivity contribution in [1.29, 1.82) is 0 Å². The molecule has 0 radical (unpaired) electrons. The topological polar surface area (TPSA) is 86.7 Å². The van der Waals surface area contributed by atoms with Gasteiger partial charge >= 0.3 is 51.4 Å². The van der Waals surface area contributed by atoms with Crippen molar-refractivity contribution >= 4 is 10.1 Å². The second-order valence-corrected chi connectivity index (χ2v) is 9.51. The molecule has 0 amide bonds. The molecule has 0 aliphatic heterocycles. The van der Waals surface area contributed by atoms with Gasteiger partial charge in [0.25, 0.3) is 10.1 Å². The molecule has 7 heteroatoms. The maximum atomic E-state index is 11.8. The first kappa shape index (κ1) is 29.6. The fourth-order valence-electron chi connectivity index (χ4n) is 3.65. The Kier molecular flexibility index (Phi) is 15.0. The van der Waals surface area contributed by atoms with Gasteiger partial charge in [0.2, 0.25) is 0 Å². The maximum Gasteiger partial charge on any atom is 1.00 e. The Labute approximate surface area is 236 Å². The molecule has 2 aromatic carbocycles. The van der Waals surface area contributed by atoms with Gasteiger partial charge in [-0.2, -0.15) is 8.42 Å². The first-order valence-electron chi connectivity index (χ1n) is 11.5. The zero-order valence-electron chi connectivity index (χ0n) is 19.5. The molecule has 0 atom stereocenters. The number of aryl methyl sites for hydroxylation is 1. The molecule has 0 bridgehead atoms. The summed E-state index contributed by atoms with van der Waals surface area (Å²) in [6.45, 7) is 2.24. The van der Waals surface area contributed by atoms with Crippen molar-refractivity contribution in [3.8, 4) is 17.2 Å². The fourth-order valence-corrected chi connectivity index (χ4v) is 4.32. The number of hydrogen-bond donors (Lipinski definition) is 1. The minimum atomic E-state index is -4.44. The van der Waals surface area contributed by atoms with Gasteiger partial charge in [0, 0.05) is 0 Å². The summed E-state index contributed by atoms with van der Waals surface area (Å²) in [6, 6.07) is 10.6. The van der Waals surface area contributed by atoms with Gasteiger partial charge in [-0.1, -0.05) is 89.3 Å². The van der Waals surface area contributed by atoms with Gasteiger partial charge in [-0.05, 0) is 42.7 Å². The van der Waals surface area contributed by atoms with Crippen LogP contribution >= 0.6 is 0 Å². The Morgan fingerprint density at radius 1 is 0.844 bits per heavy atom. The van der Waals surface area contributed by atoms with Gasteiger partial charge in [-0.25, -0.2) is 0 Å². The van der Waals surface area contributed by atoms with E-state index in [2.05, 4.69) is 6.92 Å². The molecule has 2 rings (SSSR count). The van der Waals surface area contributed by atoms with Crippen molar-refractivity contribution < 1.29 is 74.2 Å². The normalized spacial score (nSPS) is 11.2. The van der Waals surface area contributed by atoms with Crippen LogP contribution < -0.4 is 61.2 Å². The maximum absolute atomic E-state index is 11.8. The summed E-state index contributed by atoms with van der Waals surface area (Å²) < 4.78 is 38.8. The van der Waals surface area contributed by atoms with Gasteiger partial charge in [-0.3, -0.25) is 4.55 Å². The third kappa shape index (κ3) is 11.6. The predicted molar refractivity (Wildman–Crippen MR) is 122 cm³/mol. The predicted octanol–water partition coefficient (Wildman–Crippen LogP) is 3.66. The molecular formula is C25H35KO5S. The van der Waals surface area contributed by atoms with Crippen LogP contribution in [0.5, 0.6) is 17.2 Å². The average Bonchev–Trinajstić information content (AvgIpc) is 2.72. The second-order valence-electron chi connectivity index (χ2n) is 8.12. The van der Waals surface area contributed by atoms with Crippen molar-refractivity contribution in [3.63, 3.8) is 0 Å². The Morgan fingerprint density at radius 2 is 1.44 bits per heavy atom. The number of unbranched alkanes of at least 4 members (excludes halogenated alkanes) is 10. The van der Waals surface area contributed by atoms with Crippen molar-refractivity contribution in [2.24, 2.45) is 0 Å². The summed E-state index contributed by atoms with van der Waals surface area (Å²) in [5, 5.41) is 11.5. The smallest absolute Gasteiger partial charge is 0.872 e. The Balaban J connectivity index is 0.00000512. The number of rotatable bonds is 15. The largest absolute Gasteiger partial charge is 1.00 e. The van der Waals surface area contributed by atoms with E-state index in [0.717, 1.165) is 24.8 Å². The molecule has 1 N–H and O–H groups in total. The summed E-state index contributed by atoms with van der Waals surface area (Å²) in [5.41, 5.74) is 0.841. The molecule has 32 heavy (non-hydrogen) atoms. The third-order valence-electron chi connectivity index (χ3n) is 5.39. The van der Waals surface area contributed by atoms with E-state index >= 15 is 0 Å². The van der Waals surface area contributed by atoms with E-state index in [9.17, 15) is 18.1 Å². The minimum absolute atomic E-state index is 0. The van der Waals surface area contributed by atoms with E-state index in [1.165, 1.54) is 88.1 Å². The fraction of sp³-hybridized carbons (Fsp3) is 0.520. The quantitative estimate of drug-likeness (QED) is 0.236. The van der Waals surface area contributed by atoms with Crippen LogP contribution in [-0.2, 0) is 16.5 Å². The Hall–Kier alpha value is -0.414. The number of ether oxygens (including phenoxy) is 1. The van der Waals surface area contributed by atoms with Gasteiger partial charge in [-0.15, -0.1) is 5.75 Å². The molecule has 0 saturated heterocycles. The van der Waals surface area contributed by atoms with E-state index in [4.69, 9.17) is 4.74 Å². The van der Waals surface area contributed by atoms with Crippen LogP contribution in [0.25, 0.3) is 0 Å². The average molecular weight is 487 g/mol. The van der Waals surface area contributed by atoms with Gasteiger partial charge < -0.3 is 9.84 Å². The van der Waals surface area contributed by atoms with Gasteiger partial charge in [0.05, 0.1) is 0 Å². The van der Waals surface area contributed by atoms with Crippen LogP contribution in [-0.4, -0.2) is 13.0 Å². The van der Waals surface area contributed by atoms with Crippen LogP contribution in [0.15, 0.2) is 47.4 Å². The molecule has 0 fully saturated rings. The number of hydrogen-bond acceptors (Lipinski definition) is 4. The molecule has 0 unspecified atom stereocenters. The summed E-state index contributed by atoms with van der Waals surface area (Å²) in [5.74, 6) is 0.00493. The van der Waals surface area contributed by atoms with Crippen molar-refractivity contribution in [1.82, 2.24) is 0 Å². The molecule has 0 aromatic heterocycles. The van der Waals surface area contributed by atoms with Crippen LogP contribution in [0.3, 0.4) is 0 Å². The van der Waals surface area contributed by atoms with Gasteiger partial charge in [0.15, 0.2) is 0 Å². The van der Waals surface area contributed by atoms with Crippen molar-refractivity contribution in [2.45, 2.75) is 88.9 Å². The molecule has 0 aliphatic carbocycles. The number of benzene rings is 2. The Morgan fingerprint density at radius 3 is 2.00 bits per heavy atom. The van der Waals surface area contributed by atoms with E-state index in [1.54, 1.807) is 12.1 Å². The molecule has 172 valence electrons. The monoisotopic (exact) mass is 486 g/mol. The van der Waals surface area contributed by atoms with E-state index in [0.29, 0.717) is 0 Å². The van der Waals surface area contributed by atoms with E-state index < -0.39 is 10.1 Å². The summed E-state index contributed by atoms with van der Waals surface area (Å²) >= 11 is 0. The zero-order valence-corrected chi connectivity index (χ0v) is 23.5. The molecule has 0 aliphatic rings. The third-order valence-corrected chi connectivity index (χ3v) is 6.26. The first-order valence-corrected chi connectivity index (χ1v) is 12.9. The molecule has 0 saturated carbocycles. The van der Waals surface area contributed by atoms with E-state index in [-0.39, 0.29) is 73.5 Å². The van der Waals surface area contributed by atoms with Gasteiger partial charge in [0.1, 0.15) is 16.4 Å². The Bertz CT molecular complexity index is 899. The van der Waals surface area contributed by atoms with E-state index in [1.807, 2.05) is 0 Å². The zero-order chi connectivity index (χ0) is 22.5. The van der Waals surface area contributed by atoms with Crippen LogP contribution in [0, 0.1) is 0 Å². The molecular weight excluding hydrogens is 451 g/mol. The first-order chi connectivity index (χ1) is 14.9. The molecule has 0 spiro atoms. The van der Waals surface area contributed by atoms with Crippen molar-refractivity contribution in [3.05, 3.63) is 48.0 Å².